The molecule has 0 aromatic rings. The van der Waals surface area contributed by atoms with Crippen LogP contribution in [0.4, 0.5) is 0 Å². The molecule has 42 valence electrons. The van der Waals surface area contributed by atoms with E-state index in [1.54, 1.807) is 0 Å². The van der Waals surface area contributed by atoms with Gasteiger partial charge in [0.25, 0.3) is 0 Å². The van der Waals surface area contributed by atoms with Gasteiger partial charge in [0.15, 0.2) is 0 Å². The van der Waals surface area contributed by atoms with E-state index in [1.165, 1.54) is 6.21 Å². The summed E-state index contributed by atoms with van der Waals surface area (Å²) in [4.78, 5) is 0. The Kier molecular flexibility index (Phi) is 4.42. The van der Waals surface area contributed by atoms with Gasteiger partial charge in [0.05, 0.1) is 12.3 Å². The molecule has 0 saturated carbocycles. The highest BCUT2D eigenvalue weighted by Crippen LogP contribution is 1.78. The van der Waals surface area contributed by atoms with E-state index in [0.717, 1.165) is 0 Å². The van der Waals surface area contributed by atoms with Crippen LogP contribution in [0.3, 0.4) is 0 Å². The van der Waals surface area contributed by atoms with Gasteiger partial charge in [-0.2, -0.15) is 0 Å². The Morgan fingerprint density at radius 1 is 2.00 bits per heavy atom. The predicted molar refractivity (Wildman–Crippen MR) is 36.9 cm³/mol. The Balaban J connectivity index is 3.16. The van der Waals surface area contributed by atoms with Gasteiger partial charge in [-0.15, -0.1) is 5.16 Å². The molecular weight excluding hydrogens is 207 g/mol. The molecule has 0 rings (SSSR count). The van der Waals surface area contributed by atoms with Crippen LogP contribution in [0, 0.1) is 0 Å². The Bertz CT molecular complexity index is 66.0. The fourth-order valence-electron chi connectivity index (χ4n) is 0.128. The highest BCUT2D eigenvalue weighted by molar-refractivity contribution is 14.1. The van der Waals surface area contributed by atoms with Gasteiger partial charge in [0.2, 0.25) is 0 Å². The van der Waals surface area contributed by atoms with Crippen molar-refractivity contribution in [1.29, 1.82) is 0 Å². The summed E-state index contributed by atoms with van der Waals surface area (Å²) in [5.74, 6) is 0. The highest BCUT2D eigenvalue weighted by atomic mass is 127. The van der Waals surface area contributed by atoms with E-state index in [9.17, 15) is 0 Å². The maximum atomic E-state index is 7.89. The maximum absolute atomic E-state index is 7.89. The first kappa shape index (κ1) is 7.16. The fourth-order valence-corrected chi connectivity index (χ4v) is 0.289. The van der Waals surface area contributed by atoms with Gasteiger partial charge >= 0.3 is 0 Å². The number of halogens is 1. The van der Waals surface area contributed by atoms with E-state index in [0.29, 0.717) is 0 Å². The molecule has 0 amide bonds. The number of rotatable bonds is 2. The zero-order valence-corrected chi connectivity index (χ0v) is 6.08. The molecule has 7 heavy (non-hydrogen) atoms. The second-order valence-corrected chi connectivity index (χ2v) is 1.79. The third kappa shape index (κ3) is 4.00. The van der Waals surface area contributed by atoms with Crippen molar-refractivity contribution in [1.82, 2.24) is 3.53 Å². The Morgan fingerprint density at radius 2 is 2.57 bits per heavy atom. The lowest BCUT2D eigenvalue weighted by Gasteiger charge is -1.95. The van der Waals surface area contributed by atoms with E-state index >= 15 is 0 Å². The maximum Gasteiger partial charge on any atom is 0.0610 e. The summed E-state index contributed by atoms with van der Waals surface area (Å²) in [7, 11) is 0. The summed E-state index contributed by atoms with van der Waals surface area (Å²) in [5.41, 5.74) is 0. The molecule has 4 heteroatoms. The molecule has 3 nitrogen and oxygen atoms in total. The molecule has 0 aliphatic heterocycles. The summed E-state index contributed by atoms with van der Waals surface area (Å²) in [6.45, 7) is 1.88. The molecular formula is C3H7IN2O. The average molecular weight is 214 g/mol. The number of nitrogens with zero attached hydrogens (tertiary/aromatic N) is 1. The summed E-state index contributed by atoms with van der Waals surface area (Å²) in [6.07, 6.45) is 1.41. The average Bonchev–Trinajstić information content (AvgIpc) is 1.68. The van der Waals surface area contributed by atoms with Crippen molar-refractivity contribution in [3.05, 3.63) is 0 Å². The fraction of sp³-hybridized carbons (Fsp3) is 0.667. The minimum absolute atomic E-state index is 0.144. The molecule has 0 spiro atoms. The van der Waals surface area contributed by atoms with Crippen LogP contribution in [-0.2, 0) is 0 Å². The summed E-state index contributed by atoms with van der Waals surface area (Å²) >= 11 is 1.98. The quantitative estimate of drug-likeness (QED) is 0.234. The topological polar surface area (TPSA) is 44.6 Å². The zero-order chi connectivity index (χ0) is 5.70. The van der Waals surface area contributed by atoms with Crippen molar-refractivity contribution in [2.75, 3.05) is 0 Å². The lowest BCUT2D eigenvalue weighted by atomic mass is 10.4. The molecule has 0 radical (unpaired) electrons. The van der Waals surface area contributed by atoms with Crippen LogP contribution in [0.15, 0.2) is 5.16 Å². The van der Waals surface area contributed by atoms with E-state index in [2.05, 4.69) is 8.69 Å². The van der Waals surface area contributed by atoms with Gasteiger partial charge in [-0.3, -0.25) is 3.53 Å². The lowest BCUT2D eigenvalue weighted by Crippen LogP contribution is -2.16. The minimum Gasteiger partial charge on any atom is -0.411 e. The molecule has 1 atom stereocenters. The standard InChI is InChI=1S/C3H7IN2O/c1-3(6-4)2-5-7/h2-3,6-7H,1H3/b5-2+. The predicted octanol–water partition coefficient (Wildman–Crippen LogP) is 0.775. The molecule has 0 heterocycles. The normalized spacial score (nSPS) is 15.1. The largest absolute Gasteiger partial charge is 0.411 e. The van der Waals surface area contributed by atoms with Crippen LogP contribution < -0.4 is 3.53 Å². The molecule has 0 aliphatic carbocycles. The molecule has 2 N–H and O–H groups in total. The first-order valence-corrected chi connectivity index (χ1v) is 2.93. The van der Waals surface area contributed by atoms with E-state index < -0.39 is 0 Å². The number of nitrogens with one attached hydrogen (secondary N) is 1. The molecule has 0 aliphatic rings. The van der Waals surface area contributed by atoms with E-state index in [4.69, 9.17) is 5.21 Å². The summed E-state index contributed by atoms with van der Waals surface area (Å²) < 4.78 is 2.83. The Morgan fingerprint density at radius 3 is 2.71 bits per heavy atom. The molecule has 0 saturated heterocycles. The van der Waals surface area contributed by atoms with Gasteiger partial charge in [-0.05, 0) is 6.92 Å². The third-order valence-corrected chi connectivity index (χ3v) is 1.44. The minimum atomic E-state index is 0.144. The number of hydrogen-bond donors (Lipinski definition) is 2. The zero-order valence-electron chi connectivity index (χ0n) is 3.93. The Labute approximate surface area is 56.3 Å². The van der Waals surface area contributed by atoms with E-state index in [-0.39, 0.29) is 6.04 Å². The molecule has 0 aromatic heterocycles. The van der Waals surface area contributed by atoms with Crippen molar-refractivity contribution >= 4 is 29.1 Å². The Hall–Kier alpha value is 0.160. The van der Waals surface area contributed by atoms with Crippen molar-refractivity contribution in [3.63, 3.8) is 0 Å². The monoisotopic (exact) mass is 214 g/mol. The number of hydrogen-bond acceptors (Lipinski definition) is 3. The smallest absolute Gasteiger partial charge is 0.0610 e. The second-order valence-electron chi connectivity index (χ2n) is 1.16. The molecule has 0 bridgehead atoms. The van der Waals surface area contributed by atoms with Crippen LogP contribution in [0.2, 0.25) is 0 Å². The molecule has 1 unspecified atom stereocenters. The van der Waals surface area contributed by atoms with Crippen molar-refractivity contribution in [3.8, 4) is 0 Å². The van der Waals surface area contributed by atoms with Crippen LogP contribution in [0.5, 0.6) is 0 Å². The van der Waals surface area contributed by atoms with E-state index in [1.807, 2.05) is 29.8 Å². The van der Waals surface area contributed by atoms with Crippen molar-refractivity contribution in [2.45, 2.75) is 13.0 Å². The number of oxime groups is 1. The van der Waals surface area contributed by atoms with Gasteiger partial charge < -0.3 is 5.21 Å². The third-order valence-electron chi connectivity index (χ3n) is 0.462. The van der Waals surface area contributed by atoms with Crippen molar-refractivity contribution in [2.24, 2.45) is 5.16 Å². The first-order valence-electron chi connectivity index (χ1n) is 1.85. The van der Waals surface area contributed by atoms with Gasteiger partial charge in [0, 0.05) is 22.9 Å². The summed E-state index contributed by atoms with van der Waals surface area (Å²) in [5, 5.41) is 10.7. The van der Waals surface area contributed by atoms with Crippen LogP contribution in [0.1, 0.15) is 6.92 Å². The molecule has 0 aromatic carbocycles. The van der Waals surface area contributed by atoms with Gasteiger partial charge in [-0.1, -0.05) is 0 Å². The van der Waals surface area contributed by atoms with Crippen molar-refractivity contribution < 1.29 is 5.21 Å². The van der Waals surface area contributed by atoms with Crippen LogP contribution >= 0.6 is 22.9 Å². The van der Waals surface area contributed by atoms with Crippen LogP contribution in [0.25, 0.3) is 0 Å². The summed E-state index contributed by atoms with van der Waals surface area (Å²) in [6, 6.07) is 0.144. The van der Waals surface area contributed by atoms with Crippen LogP contribution in [-0.4, -0.2) is 17.5 Å². The van der Waals surface area contributed by atoms with Gasteiger partial charge in [-0.25, -0.2) is 0 Å². The molecule has 0 fully saturated rings. The first-order chi connectivity index (χ1) is 3.31. The SMILES string of the molecule is CC(/C=N/O)NI. The highest BCUT2D eigenvalue weighted by Gasteiger charge is 1.88. The van der Waals surface area contributed by atoms with Gasteiger partial charge in [0.1, 0.15) is 0 Å². The second kappa shape index (κ2) is 4.32. The lowest BCUT2D eigenvalue weighted by molar-refractivity contribution is 0.320.